The number of para-hydroxylation sites is 1. The van der Waals surface area contributed by atoms with Crippen molar-refractivity contribution in [2.45, 2.75) is 4.90 Å². The number of hydrogen-bond acceptors (Lipinski definition) is 5. The van der Waals surface area contributed by atoms with Crippen LogP contribution in [0.25, 0.3) is 0 Å². The molecule has 7 nitrogen and oxygen atoms in total. The van der Waals surface area contributed by atoms with Crippen LogP contribution >= 0.6 is 0 Å². The zero-order valence-electron chi connectivity index (χ0n) is 14.7. The number of carbonyl (C=O) groups excluding carboxylic acids is 1. The van der Waals surface area contributed by atoms with Gasteiger partial charge in [-0.25, -0.2) is 13.1 Å². The number of piperazine rings is 1. The van der Waals surface area contributed by atoms with Gasteiger partial charge in [-0.15, -0.1) is 0 Å². The monoisotopic (exact) mass is 384 g/mol. The molecule has 1 saturated heterocycles. The summed E-state index contributed by atoms with van der Waals surface area (Å²) in [5.74, 6) is -0.250. The normalized spacial score (nSPS) is 14.6. The zero-order chi connectivity index (χ0) is 19.3. The summed E-state index contributed by atoms with van der Waals surface area (Å²) in [6.07, 6.45) is 0. The molecule has 1 N–H and O–H groups in total. The Bertz CT molecular complexity index is 929. The van der Waals surface area contributed by atoms with Crippen molar-refractivity contribution >= 4 is 21.6 Å². The second kappa shape index (κ2) is 8.20. The molecule has 0 atom stereocenters. The van der Waals surface area contributed by atoms with Crippen molar-refractivity contribution in [1.29, 1.82) is 5.26 Å². The number of carbonyl (C=O) groups is 1. The van der Waals surface area contributed by atoms with Crippen LogP contribution in [0.1, 0.15) is 5.56 Å². The van der Waals surface area contributed by atoms with Crippen LogP contribution in [0.5, 0.6) is 0 Å². The Hall–Kier alpha value is -2.89. The topological polar surface area (TPSA) is 93.5 Å². The molecule has 0 unspecified atom stereocenters. The van der Waals surface area contributed by atoms with E-state index in [1.807, 2.05) is 36.4 Å². The lowest BCUT2D eigenvalue weighted by Gasteiger charge is -2.36. The molecule has 1 heterocycles. The fourth-order valence-electron chi connectivity index (χ4n) is 2.91. The van der Waals surface area contributed by atoms with Gasteiger partial charge in [0.25, 0.3) is 0 Å². The van der Waals surface area contributed by atoms with Crippen LogP contribution < -0.4 is 9.62 Å². The first kappa shape index (κ1) is 18.9. The highest BCUT2D eigenvalue weighted by atomic mass is 32.2. The molecule has 2 aromatic rings. The molecule has 1 amide bonds. The van der Waals surface area contributed by atoms with Crippen LogP contribution in [0.15, 0.2) is 59.5 Å². The minimum atomic E-state index is -3.79. The van der Waals surface area contributed by atoms with Crippen LogP contribution in [0.4, 0.5) is 5.69 Å². The predicted molar refractivity (Wildman–Crippen MR) is 102 cm³/mol. The van der Waals surface area contributed by atoms with Gasteiger partial charge in [0.1, 0.15) is 0 Å². The lowest BCUT2D eigenvalue weighted by molar-refractivity contribution is -0.130. The van der Waals surface area contributed by atoms with Gasteiger partial charge < -0.3 is 9.80 Å². The lowest BCUT2D eigenvalue weighted by atomic mass is 10.2. The highest BCUT2D eigenvalue weighted by molar-refractivity contribution is 7.89. The van der Waals surface area contributed by atoms with Crippen molar-refractivity contribution in [1.82, 2.24) is 9.62 Å². The smallest absolute Gasteiger partial charge is 0.241 e. The van der Waals surface area contributed by atoms with Crippen LogP contribution in [0.3, 0.4) is 0 Å². The fraction of sp³-hybridized carbons (Fsp3) is 0.263. The number of sulfonamides is 1. The van der Waals surface area contributed by atoms with Crippen molar-refractivity contribution in [3.05, 3.63) is 60.2 Å². The Morgan fingerprint density at radius 3 is 2.22 bits per heavy atom. The maximum atomic E-state index is 12.4. The molecule has 0 radical (unpaired) electrons. The summed E-state index contributed by atoms with van der Waals surface area (Å²) in [6.45, 7) is 2.22. The van der Waals surface area contributed by atoms with Gasteiger partial charge in [-0.3, -0.25) is 4.79 Å². The number of hydrogen-bond donors (Lipinski definition) is 1. The third-order valence-electron chi connectivity index (χ3n) is 4.46. The Morgan fingerprint density at radius 2 is 1.63 bits per heavy atom. The van der Waals surface area contributed by atoms with E-state index < -0.39 is 10.0 Å². The molecule has 0 aliphatic carbocycles. The third kappa shape index (κ3) is 4.64. The first-order valence-electron chi connectivity index (χ1n) is 8.57. The van der Waals surface area contributed by atoms with E-state index in [-0.39, 0.29) is 17.3 Å². The van der Waals surface area contributed by atoms with Crippen molar-refractivity contribution in [2.24, 2.45) is 0 Å². The molecule has 1 fully saturated rings. The minimum absolute atomic E-state index is 0.0307. The summed E-state index contributed by atoms with van der Waals surface area (Å²) in [5.41, 5.74) is 1.49. The van der Waals surface area contributed by atoms with E-state index in [4.69, 9.17) is 5.26 Å². The van der Waals surface area contributed by atoms with E-state index in [1.54, 1.807) is 4.90 Å². The molecule has 0 aromatic heterocycles. The quantitative estimate of drug-likeness (QED) is 0.836. The molecular weight excluding hydrogens is 364 g/mol. The molecule has 0 bridgehead atoms. The molecule has 2 aromatic carbocycles. The van der Waals surface area contributed by atoms with Gasteiger partial charge in [-0.2, -0.15) is 5.26 Å². The van der Waals surface area contributed by atoms with E-state index in [1.165, 1.54) is 24.3 Å². The Kier molecular flexibility index (Phi) is 5.74. The molecule has 3 rings (SSSR count). The third-order valence-corrected chi connectivity index (χ3v) is 5.88. The lowest BCUT2D eigenvalue weighted by Crippen LogP contribution is -2.51. The Balaban J connectivity index is 1.53. The van der Waals surface area contributed by atoms with Crippen LogP contribution in [0, 0.1) is 11.3 Å². The molecule has 0 spiro atoms. The molecular formula is C19H20N4O3S. The molecule has 1 aliphatic rings. The fourth-order valence-corrected chi connectivity index (χ4v) is 3.89. The maximum Gasteiger partial charge on any atom is 0.241 e. The van der Waals surface area contributed by atoms with Gasteiger partial charge in [0.05, 0.1) is 23.1 Å². The minimum Gasteiger partial charge on any atom is -0.368 e. The number of anilines is 1. The largest absolute Gasteiger partial charge is 0.368 e. The molecule has 140 valence electrons. The SMILES string of the molecule is N#Cc1ccc(S(=O)(=O)NCC(=O)N2CCN(c3ccccc3)CC2)cc1. The summed E-state index contributed by atoms with van der Waals surface area (Å²) in [5, 5.41) is 8.77. The number of nitrogens with one attached hydrogen (secondary N) is 1. The summed E-state index contributed by atoms with van der Waals surface area (Å²) < 4.78 is 26.9. The summed E-state index contributed by atoms with van der Waals surface area (Å²) >= 11 is 0. The maximum absolute atomic E-state index is 12.4. The van der Waals surface area contributed by atoms with Gasteiger partial charge in [0.2, 0.25) is 15.9 Å². The molecule has 1 aliphatic heterocycles. The van der Waals surface area contributed by atoms with Gasteiger partial charge in [-0.1, -0.05) is 18.2 Å². The summed E-state index contributed by atoms with van der Waals surface area (Å²) in [7, 11) is -3.79. The van der Waals surface area contributed by atoms with E-state index in [9.17, 15) is 13.2 Å². The number of rotatable bonds is 5. The standard InChI is InChI=1S/C19H20N4O3S/c20-14-16-6-8-18(9-7-16)27(25,26)21-15-19(24)23-12-10-22(11-13-23)17-4-2-1-3-5-17/h1-9,21H,10-13,15H2. The predicted octanol–water partition coefficient (Wildman–Crippen LogP) is 1.19. The average molecular weight is 384 g/mol. The summed E-state index contributed by atoms with van der Waals surface area (Å²) in [4.78, 5) is 16.3. The number of benzene rings is 2. The first-order valence-corrected chi connectivity index (χ1v) is 10.1. The highest BCUT2D eigenvalue weighted by Gasteiger charge is 2.23. The first-order chi connectivity index (χ1) is 13.0. The second-order valence-corrected chi connectivity index (χ2v) is 7.93. The van der Waals surface area contributed by atoms with Crippen LogP contribution in [-0.4, -0.2) is 51.9 Å². The van der Waals surface area contributed by atoms with E-state index in [0.29, 0.717) is 31.7 Å². The zero-order valence-corrected chi connectivity index (χ0v) is 15.5. The van der Waals surface area contributed by atoms with Gasteiger partial charge in [0, 0.05) is 31.9 Å². The average Bonchev–Trinajstić information content (AvgIpc) is 2.73. The van der Waals surface area contributed by atoms with Crippen molar-refractivity contribution in [3.63, 3.8) is 0 Å². The van der Waals surface area contributed by atoms with Crippen molar-refractivity contribution < 1.29 is 13.2 Å². The van der Waals surface area contributed by atoms with Crippen LogP contribution in [-0.2, 0) is 14.8 Å². The number of amides is 1. The van der Waals surface area contributed by atoms with E-state index in [0.717, 1.165) is 5.69 Å². The van der Waals surface area contributed by atoms with Gasteiger partial charge in [0.15, 0.2) is 0 Å². The number of nitrogens with zero attached hydrogens (tertiary/aromatic N) is 3. The highest BCUT2D eigenvalue weighted by Crippen LogP contribution is 2.15. The Labute approximate surface area is 158 Å². The van der Waals surface area contributed by atoms with E-state index in [2.05, 4.69) is 9.62 Å². The van der Waals surface area contributed by atoms with Gasteiger partial charge >= 0.3 is 0 Å². The molecule has 27 heavy (non-hydrogen) atoms. The summed E-state index contributed by atoms with van der Waals surface area (Å²) in [6, 6.07) is 17.5. The van der Waals surface area contributed by atoms with Crippen molar-refractivity contribution in [2.75, 3.05) is 37.6 Å². The Morgan fingerprint density at radius 1 is 1.00 bits per heavy atom. The molecule has 0 saturated carbocycles. The van der Waals surface area contributed by atoms with Gasteiger partial charge in [-0.05, 0) is 36.4 Å². The van der Waals surface area contributed by atoms with Crippen LogP contribution in [0.2, 0.25) is 0 Å². The van der Waals surface area contributed by atoms with E-state index >= 15 is 0 Å². The van der Waals surface area contributed by atoms with Crippen molar-refractivity contribution in [3.8, 4) is 6.07 Å². The number of nitriles is 1. The second-order valence-electron chi connectivity index (χ2n) is 6.16. The molecule has 8 heteroatoms.